The van der Waals surface area contributed by atoms with Crippen LogP contribution in [0.15, 0.2) is 77.9 Å². The zero-order valence-electron chi connectivity index (χ0n) is 17.5. The predicted molar refractivity (Wildman–Crippen MR) is 135 cm³/mol. The molecule has 0 bridgehead atoms. The van der Waals surface area contributed by atoms with E-state index in [1.165, 1.54) is 18.0 Å². The zero-order chi connectivity index (χ0) is 23.5. The number of hydrogen-bond acceptors (Lipinski definition) is 5. The second kappa shape index (κ2) is 12.9. The molecule has 2 N–H and O–H groups in total. The van der Waals surface area contributed by atoms with Gasteiger partial charge >= 0.3 is 0 Å². The molecular weight excluding hydrogens is 481 g/mol. The number of amides is 2. The summed E-state index contributed by atoms with van der Waals surface area (Å²) in [6.45, 7) is -0.152. The topological polar surface area (TPSA) is 79.8 Å². The number of halogens is 2. The molecule has 0 aromatic heterocycles. The SMILES string of the molecule is O=C(CSCc1ccccc1Cl)N/N=C/c1ccc(OCC(=O)Nc2ccccc2Cl)cc1. The molecule has 0 aliphatic rings. The number of rotatable bonds is 10. The van der Waals surface area contributed by atoms with Gasteiger partial charge in [-0.2, -0.15) is 5.10 Å². The lowest BCUT2D eigenvalue weighted by molar-refractivity contribution is -0.119. The van der Waals surface area contributed by atoms with E-state index in [0.29, 0.717) is 27.2 Å². The fourth-order valence-electron chi connectivity index (χ4n) is 2.63. The average Bonchev–Trinajstić information content (AvgIpc) is 2.81. The Morgan fingerprint density at radius 2 is 1.61 bits per heavy atom. The number of para-hydroxylation sites is 1. The Kier molecular flexibility index (Phi) is 9.62. The van der Waals surface area contributed by atoms with E-state index in [4.69, 9.17) is 27.9 Å². The van der Waals surface area contributed by atoms with E-state index < -0.39 is 0 Å². The summed E-state index contributed by atoms with van der Waals surface area (Å²) in [5.41, 5.74) is 4.79. The first-order valence-corrected chi connectivity index (χ1v) is 11.8. The first-order valence-electron chi connectivity index (χ1n) is 9.91. The van der Waals surface area contributed by atoms with Crippen LogP contribution in [0.25, 0.3) is 0 Å². The molecule has 0 atom stereocenters. The third-order valence-corrected chi connectivity index (χ3v) is 5.93. The molecule has 9 heteroatoms. The van der Waals surface area contributed by atoms with Crippen LogP contribution in [-0.4, -0.2) is 30.4 Å². The van der Waals surface area contributed by atoms with E-state index in [1.807, 2.05) is 24.3 Å². The van der Waals surface area contributed by atoms with Crippen molar-refractivity contribution >= 4 is 58.7 Å². The average molecular weight is 502 g/mol. The zero-order valence-corrected chi connectivity index (χ0v) is 19.8. The van der Waals surface area contributed by atoms with Crippen LogP contribution in [0.4, 0.5) is 5.69 Å². The molecule has 0 fully saturated rings. The van der Waals surface area contributed by atoms with E-state index in [1.54, 1.807) is 48.5 Å². The normalized spacial score (nSPS) is 10.7. The summed E-state index contributed by atoms with van der Waals surface area (Å²) in [6, 6.07) is 21.5. The number of ether oxygens (including phenoxy) is 1. The van der Waals surface area contributed by atoms with Crippen LogP contribution in [-0.2, 0) is 15.3 Å². The van der Waals surface area contributed by atoms with E-state index in [-0.39, 0.29) is 24.2 Å². The van der Waals surface area contributed by atoms with Gasteiger partial charge in [-0.25, -0.2) is 5.43 Å². The van der Waals surface area contributed by atoms with Gasteiger partial charge in [-0.1, -0.05) is 53.5 Å². The number of benzene rings is 3. The van der Waals surface area contributed by atoms with Gasteiger partial charge in [0.05, 0.1) is 22.7 Å². The summed E-state index contributed by atoms with van der Waals surface area (Å²) in [4.78, 5) is 23.9. The van der Waals surface area contributed by atoms with Crippen molar-refractivity contribution in [3.63, 3.8) is 0 Å². The first-order chi connectivity index (χ1) is 16.0. The third-order valence-electron chi connectivity index (χ3n) is 4.25. The minimum atomic E-state index is -0.316. The van der Waals surface area contributed by atoms with Gasteiger partial charge in [0, 0.05) is 10.8 Å². The van der Waals surface area contributed by atoms with E-state index in [9.17, 15) is 9.59 Å². The molecule has 3 aromatic carbocycles. The molecule has 0 aliphatic carbocycles. The van der Waals surface area contributed by atoms with Crippen molar-refractivity contribution in [2.45, 2.75) is 5.75 Å². The fourth-order valence-corrected chi connectivity index (χ4v) is 3.92. The summed E-state index contributed by atoms with van der Waals surface area (Å²) >= 11 is 13.6. The predicted octanol–water partition coefficient (Wildman–Crippen LogP) is 5.39. The molecule has 3 aromatic rings. The highest BCUT2D eigenvalue weighted by Gasteiger charge is 2.06. The second-order valence-corrected chi connectivity index (χ2v) is 8.56. The lowest BCUT2D eigenvalue weighted by atomic mass is 10.2. The number of hydrazone groups is 1. The number of anilines is 1. The van der Waals surface area contributed by atoms with Gasteiger partial charge in [-0.05, 0) is 53.6 Å². The molecule has 170 valence electrons. The quantitative estimate of drug-likeness (QED) is 0.288. The van der Waals surface area contributed by atoms with E-state index in [0.717, 1.165) is 11.1 Å². The van der Waals surface area contributed by atoms with Gasteiger partial charge in [-0.3, -0.25) is 9.59 Å². The van der Waals surface area contributed by atoms with Crippen molar-refractivity contribution < 1.29 is 14.3 Å². The maximum absolute atomic E-state index is 12.0. The van der Waals surface area contributed by atoms with Crippen molar-refractivity contribution in [1.82, 2.24) is 5.43 Å². The van der Waals surface area contributed by atoms with Gasteiger partial charge < -0.3 is 10.1 Å². The molecule has 0 aliphatic heterocycles. The van der Waals surface area contributed by atoms with Crippen LogP contribution >= 0.6 is 35.0 Å². The Balaban J connectivity index is 1.37. The van der Waals surface area contributed by atoms with E-state index >= 15 is 0 Å². The number of carbonyl (C=O) groups excluding carboxylic acids is 2. The monoisotopic (exact) mass is 501 g/mol. The molecule has 0 heterocycles. The summed E-state index contributed by atoms with van der Waals surface area (Å²) in [5.74, 6) is 0.929. The number of hydrogen-bond donors (Lipinski definition) is 2. The minimum Gasteiger partial charge on any atom is -0.484 e. The minimum absolute atomic E-state index is 0.152. The largest absolute Gasteiger partial charge is 0.484 e. The van der Waals surface area contributed by atoms with Gasteiger partial charge in [0.2, 0.25) is 5.91 Å². The van der Waals surface area contributed by atoms with Crippen LogP contribution in [0.2, 0.25) is 10.0 Å². The molecule has 0 saturated heterocycles. The number of nitrogens with zero attached hydrogens (tertiary/aromatic N) is 1. The highest BCUT2D eigenvalue weighted by Crippen LogP contribution is 2.21. The van der Waals surface area contributed by atoms with Crippen LogP contribution in [0.1, 0.15) is 11.1 Å². The molecule has 6 nitrogen and oxygen atoms in total. The third kappa shape index (κ3) is 8.46. The molecule has 0 radical (unpaired) electrons. The molecule has 2 amide bonds. The fraction of sp³-hybridized carbons (Fsp3) is 0.125. The molecule has 0 saturated carbocycles. The lowest BCUT2D eigenvalue weighted by Gasteiger charge is -2.08. The van der Waals surface area contributed by atoms with E-state index in [2.05, 4.69) is 15.8 Å². The molecule has 33 heavy (non-hydrogen) atoms. The molecule has 0 spiro atoms. The lowest BCUT2D eigenvalue weighted by Crippen LogP contribution is -2.20. The van der Waals surface area contributed by atoms with Crippen LogP contribution in [0.3, 0.4) is 0 Å². The van der Waals surface area contributed by atoms with Crippen molar-refractivity contribution in [2.75, 3.05) is 17.7 Å². The smallest absolute Gasteiger partial charge is 0.262 e. The van der Waals surface area contributed by atoms with Crippen molar-refractivity contribution in [1.29, 1.82) is 0 Å². The van der Waals surface area contributed by atoms with Crippen LogP contribution in [0, 0.1) is 0 Å². The molecule has 3 rings (SSSR count). The molecular formula is C24H21Cl2N3O3S. The standard InChI is InChI=1S/C24H21Cl2N3O3S/c25-20-6-2-1-5-18(20)15-33-16-24(31)29-27-13-17-9-11-19(12-10-17)32-14-23(30)28-22-8-4-3-7-21(22)26/h1-13H,14-16H2,(H,28,30)(H,29,31)/b27-13+. The number of thioether (sulfide) groups is 1. The summed E-state index contributed by atoms with van der Waals surface area (Å²) in [7, 11) is 0. The number of nitrogens with one attached hydrogen (secondary N) is 2. The molecule has 0 unspecified atom stereocenters. The maximum Gasteiger partial charge on any atom is 0.262 e. The second-order valence-electron chi connectivity index (χ2n) is 6.76. The Morgan fingerprint density at radius 3 is 2.33 bits per heavy atom. The van der Waals surface area contributed by atoms with Gasteiger partial charge in [0.15, 0.2) is 6.61 Å². The Morgan fingerprint density at radius 1 is 0.909 bits per heavy atom. The highest BCUT2D eigenvalue weighted by atomic mass is 35.5. The number of carbonyl (C=O) groups is 2. The maximum atomic E-state index is 12.0. The van der Waals surface area contributed by atoms with Crippen LogP contribution in [0.5, 0.6) is 5.75 Å². The first kappa shape index (κ1) is 24.6. The highest BCUT2D eigenvalue weighted by molar-refractivity contribution is 7.99. The summed E-state index contributed by atoms with van der Waals surface area (Å²) in [5, 5.41) is 7.80. The summed E-state index contributed by atoms with van der Waals surface area (Å²) in [6.07, 6.45) is 1.53. The summed E-state index contributed by atoms with van der Waals surface area (Å²) < 4.78 is 5.49. The Labute approximate surface area is 206 Å². The van der Waals surface area contributed by atoms with Gasteiger partial charge in [0.25, 0.3) is 5.91 Å². The Bertz CT molecular complexity index is 1120. The van der Waals surface area contributed by atoms with Crippen molar-refractivity contribution in [2.24, 2.45) is 5.10 Å². The van der Waals surface area contributed by atoms with Crippen molar-refractivity contribution in [3.8, 4) is 5.75 Å². The van der Waals surface area contributed by atoms with Gasteiger partial charge in [0.1, 0.15) is 5.75 Å². The Hall–Kier alpha value is -3.00. The van der Waals surface area contributed by atoms with Crippen molar-refractivity contribution in [3.05, 3.63) is 94.0 Å². The van der Waals surface area contributed by atoms with Crippen LogP contribution < -0.4 is 15.5 Å². The van der Waals surface area contributed by atoms with Gasteiger partial charge in [-0.15, -0.1) is 11.8 Å².